The Labute approximate surface area is 207 Å². The minimum atomic E-state index is -0.233. The molecule has 0 fully saturated rings. The van der Waals surface area contributed by atoms with Gasteiger partial charge in [-0.05, 0) is 75.1 Å². The fraction of sp³-hybridized carbons (Fsp3) is 0.379. The van der Waals surface area contributed by atoms with E-state index in [0.29, 0.717) is 43.5 Å². The van der Waals surface area contributed by atoms with Crippen LogP contribution < -0.4 is 10.1 Å². The van der Waals surface area contributed by atoms with E-state index in [1.54, 1.807) is 25.1 Å². The van der Waals surface area contributed by atoms with Crippen LogP contribution >= 0.6 is 0 Å². The zero-order valence-electron chi connectivity index (χ0n) is 21.2. The first-order chi connectivity index (χ1) is 16.9. The molecule has 35 heavy (non-hydrogen) atoms. The van der Waals surface area contributed by atoms with Crippen molar-refractivity contribution in [3.8, 4) is 5.75 Å². The Balaban J connectivity index is 1.64. The molecule has 2 aromatic carbocycles. The number of carbonyl (C=O) groups is 2. The molecule has 0 aliphatic heterocycles. The molecule has 1 N–H and O–H groups in total. The molecule has 0 spiro atoms. The molecule has 1 heterocycles. The van der Waals surface area contributed by atoms with Gasteiger partial charge in [0, 0.05) is 35.6 Å². The number of allylic oxidation sites excluding steroid dienone is 1. The molecular weight excluding hydrogens is 440 g/mol. The van der Waals surface area contributed by atoms with Crippen molar-refractivity contribution < 1.29 is 19.1 Å². The summed E-state index contributed by atoms with van der Waals surface area (Å²) in [4.78, 5) is 24.2. The largest absolute Gasteiger partial charge is 0.491 e. The molecule has 3 aromatic rings. The molecule has 1 unspecified atom stereocenters. The number of nitrogens with one attached hydrogen (secondary N) is 1. The lowest BCUT2D eigenvalue weighted by Gasteiger charge is -2.14. The van der Waals surface area contributed by atoms with E-state index in [-0.39, 0.29) is 11.9 Å². The van der Waals surface area contributed by atoms with E-state index in [1.165, 1.54) is 10.9 Å². The Hall–Kier alpha value is -3.54. The smallest absolute Gasteiger partial charge is 0.305 e. The van der Waals surface area contributed by atoms with Gasteiger partial charge in [0.15, 0.2) is 0 Å². The van der Waals surface area contributed by atoms with Gasteiger partial charge in [0.1, 0.15) is 5.75 Å². The highest BCUT2D eigenvalue weighted by Gasteiger charge is 2.11. The van der Waals surface area contributed by atoms with E-state index >= 15 is 0 Å². The van der Waals surface area contributed by atoms with E-state index in [9.17, 15) is 9.59 Å². The average Bonchev–Trinajstić information content (AvgIpc) is 3.26. The van der Waals surface area contributed by atoms with Gasteiger partial charge in [-0.3, -0.25) is 9.59 Å². The second-order valence-electron chi connectivity index (χ2n) is 8.70. The lowest BCUT2D eigenvalue weighted by molar-refractivity contribution is -0.143. The second kappa shape index (κ2) is 12.8. The molecule has 1 atom stereocenters. The summed E-state index contributed by atoms with van der Waals surface area (Å²) >= 11 is 0. The molecule has 0 saturated carbocycles. The zero-order chi connectivity index (χ0) is 25.2. The van der Waals surface area contributed by atoms with Crippen LogP contribution in [0.15, 0.2) is 60.8 Å². The van der Waals surface area contributed by atoms with Gasteiger partial charge in [-0.2, -0.15) is 0 Å². The molecule has 0 saturated heterocycles. The highest BCUT2D eigenvalue weighted by molar-refractivity contribution is 6.04. The van der Waals surface area contributed by atoms with Crippen LogP contribution in [0.1, 0.15) is 65.0 Å². The van der Waals surface area contributed by atoms with Crippen LogP contribution in [0, 0.1) is 0 Å². The Morgan fingerprint density at radius 1 is 1.11 bits per heavy atom. The van der Waals surface area contributed by atoms with Crippen LogP contribution in [-0.2, 0) is 14.3 Å². The molecular formula is C29H36N2O4. The number of nitrogens with zero attached hydrogens (tertiary/aromatic N) is 1. The van der Waals surface area contributed by atoms with Crippen molar-refractivity contribution in [1.82, 2.24) is 4.57 Å². The number of fused-ring (bicyclic) bond motifs is 1. The maximum Gasteiger partial charge on any atom is 0.305 e. The number of hydrogen-bond donors (Lipinski definition) is 1. The number of aromatic nitrogens is 1. The topological polar surface area (TPSA) is 69.6 Å². The van der Waals surface area contributed by atoms with Crippen molar-refractivity contribution >= 4 is 34.0 Å². The first-order valence-electron chi connectivity index (χ1n) is 12.4. The Kier molecular flexibility index (Phi) is 9.53. The summed E-state index contributed by atoms with van der Waals surface area (Å²) in [6.45, 7) is 8.91. The first-order valence-corrected chi connectivity index (χ1v) is 12.4. The molecule has 0 aliphatic carbocycles. The van der Waals surface area contributed by atoms with E-state index in [1.807, 2.05) is 19.1 Å². The van der Waals surface area contributed by atoms with Gasteiger partial charge in [-0.1, -0.05) is 31.5 Å². The van der Waals surface area contributed by atoms with Gasteiger partial charge in [0.05, 0.1) is 18.9 Å². The minimum absolute atomic E-state index is 0.223. The summed E-state index contributed by atoms with van der Waals surface area (Å²) in [6, 6.07) is 16.2. The Morgan fingerprint density at radius 2 is 1.91 bits per heavy atom. The molecule has 186 valence electrons. The van der Waals surface area contributed by atoms with Crippen LogP contribution in [0.5, 0.6) is 5.75 Å². The summed E-state index contributed by atoms with van der Waals surface area (Å²) in [6.07, 6.45) is 6.88. The van der Waals surface area contributed by atoms with Crippen molar-refractivity contribution in [2.24, 2.45) is 0 Å². The predicted molar refractivity (Wildman–Crippen MR) is 142 cm³/mol. The van der Waals surface area contributed by atoms with Crippen LogP contribution in [0.3, 0.4) is 0 Å². The monoisotopic (exact) mass is 476 g/mol. The summed E-state index contributed by atoms with van der Waals surface area (Å²) in [5.41, 5.74) is 3.69. The maximum atomic E-state index is 12.8. The summed E-state index contributed by atoms with van der Waals surface area (Å²) in [5.74, 6) is 0.113. The number of ether oxygens (including phenoxy) is 2. The number of benzene rings is 2. The Bertz CT molecular complexity index is 1180. The molecule has 6 nitrogen and oxygen atoms in total. The third kappa shape index (κ3) is 7.22. The lowest BCUT2D eigenvalue weighted by Crippen LogP contribution is -2.11. The van der Waals surface area contributed by atoms with Gasteiger partial charge < -0.3 is 19.4 Å². The van der Waals surface area contributed by atoms with E-state index in [4.69, 9.17) is 9.47 Å². The minimum Gasteiger partial charge on any atom is -0.491 e. The third-order valence-electron chi connectivity index (χ3n) is 5.94. The van der Waals surface area contributed by atoms with Crippen molar-refractivity contribution in [1.29, 1.82) is 0 Å². The van der Waals surface area contributed by atoms with Gasteiger partial charge in [0.25, 0.3) is 0 Å². The van der Waals surface area contributed by atoms with Crippen molar-refractivity contribution in [2.45, 2.75) is 59.4 Å². The van der Waals surface area contributed by atoms with Crippen molar-refractivity contribution in [3.05, 3.63) is 66.4 Å². The van der Waals surface area contributed by atoms with Crippen LogP contribution in [0.4, 0.5) is 5.69 Å². The summed E-state index contributed by atoms with van der Waals surface area (Å²) in [7, 11) is 0. The second-order valence-corrected chi connectivity index (χ2v) is 8.70. The van der Waals surface area contributed by atoms with E-state index < -0.39 is 0 Å². The summed E-state index contributed by atoms with van der Waals surface area (Å²) in [5, 5.41) is 4.08. The lowest BCUT2D eigenvalue weighted by atomic mass is 10.0. The number of rotatable bonds is 12. The average molecular weight is 477 g/mol. The highest BCUT2D eigenvalue weighted by atomic mass is 16.5. The molecule has 3 rings (SSSR count). The summed E-state index contributed by atoms with van der Waals surface area (Å²) < 4.78 is 13.0. The van der Waals surface area contributed by atoms with E-state index in [0.717, 1.165) is 24.0 Å². The van der Waals surface area contributed by atoms with Crippen LogP contribution in [0.25, 0.3) is 16.5 Å². The first kappa shape index (κ1) is 26.1. The normalized spacial score (nSPS) is 12.4. The van der Waals surface area contributed by atoms with Crippen molar-refractivity contribution in [2.75, 3.05) is 18.5 Å². The Morgan fingerprint density at radius 3 is 2.69 bits per heavy atom. The molecule has 6 heteroatoms. The van der Waals surface area contributed by atoms with Crippen molar-refractivity contribution in [3.63, 3.8) is 0 Å². The fourth-order valence-corrected chi connectivity index (χ4v) is 4.13. The fourth-order valence-electron chi connectivity index (χ4n) is 4.13. The standard InChI is InChI=1S/C29H36N2O4/c1-5-10-22(4)31-17-16-24-20-23(14-15-26(24)31)21(3)19-28(32)30-25-11-7-8-12-27(25)35-18-9-13-29(33)34-6-2/h7-8,11-12,14-17,19-20,22H,5-6,9-10,13,18H2,1-4H3,(H,30,32)/b21-19+. The number of esters is 1. The number of anilines is 1. The van der Waals surface area contributed by atoms with Gasteiger partial charge in [-0.25, -0.2) is 0 Å². The zero-order valence-corrected chi connectivity index (χ0v) is 21.2. The predicted octanol–water partition coefficient (Wildman–Crippen LogP) is 6.77. The quantitative estimate of drug-likeness (QED) is 0.178. The highest BCUT2D eigenvalue weighted by Crippen LogP contribution is 2.27. The van der Waals surface area contributed by atoms with Gasteiger partial charge >= 0.3 is 5.97 Å². The number of amides is 1. The maximum absolute atomic E-state index is 12.8. The third-order valence-corrected chi connectivity index (χ3v) is 5.94. The number of carbonyl (C=O) groups excluding carboxylic acids is 2. The molecule has 1 aromatic heterocycles. The number of para-hydroxylation sites is 2. The van der Waals surface area contributed by atoms with E-state index in [2.05, 4.69) is 54.2 Å². The number of hydrogen-bond acceptors (Lipinski definition) is 4. The molecule has 0 aliphatic rings. The van der Waals surface area contributed by atoms with Crippen LogP contribution in [-0.4, -0.2) is 29.7 Å². The van der Waals surface area contributed by atoms with Gasteiger partial charge in [0.2, 0.25) is 5.91 Å². The van der Waals surface area contributed by atoms with Crippen LogP contribution in [0.2, 0.25) is 0 Å². The van der Waals surface area contributed by atoms with Gasteiger partial charge in [-0.15, -0.1) is 0 Å². The molecule has 0 radical (unpaired) electrons. The molecule has 0 bridgehead atoms. The molecule has 1 amide bonds. The SMILES string of the molecule is CCCC(C)n1ccc2cc(/C(C)=C/C(=O)Nc3ccccc3OCCCC(=O)OCC)ccc21.